The smallest absolute Gasteiger partial charge is 0.255 e. The van der Waals surface area contributed by atoms with Crippen LogP contribution in [-0.4, -0.2) is 66.4 Å². The Bertz CT molecular complexity index is 1240. The number of pyridine rings is 1. The molecule has 0 aromatic carbocycles. The maximum Gasteiger partial charge on any atom is 0.255 e. The summed E-state index contributed by atoms with van der Waals surface area (Å²) in [6, 6.07) is 1.50. The zero-order valence-corrected chi connectivity index (χ0v) is 20.5. The molecule has 2 aliphatic heterocycles. The SMILES string of the molecule is CC(C)(C)CC(NC(=O)c1ccoc1)C(=O)N1CCC2C1C(=O)CN2S(=O)(=O)c1ccc[n+]([O-])c1. The van der Waals surface area contributed by atoms with E-state index in [2.05, 4.69) is 5.32 Å². The molecule has 0 bridgehead atoms. The van der Waals surface area contributed by atoms with Crippen molar-refractivity contribution in [3.8, 4) is 0 Å². The second-order valence-corrected chi connectivity index (χ2v) is 11.9. The molecule has 11 nitrogen and oxygen atoms in total. The quantitative estimate of drug-likeness (QED) is 0.450. The number of carbonyl (C=O) groups is 3. The van der Waals surface area contributed by atoms with Crippen molar-refractivity contribution in [2.45, 2.75) is 56.6 Å². The van der Waals surface area contributed by atoms with E-state index >= 15 is 0 Å². The maximum atomic E-state index is 13.6. The van der Waals surface area contributed by atoms with E-state index in [1.54, 1.807) is 0 Å². The van der Waals surface area contributed by atoms with Gasteiger partial charge in [-0.3, -0.25) is 14.4 Å². The molecule has 35 heavy (non-hydrogen) atoms. The summed E-state index contributed by atoms with van der Waals surface area (Å²) >= 11 is 0. The van der Waals surface area contributed by atoms with Gasteiger partial charge in [0.15, 0.2) is 18.2 Å². The minimum atomic E-state index is -4.12. The molecule has 0 aliphatic carbocycles. The fourth-order valence-corrected chi connectivity index (χ4v) is 6.34. The second-order valence-electron chi connectivity index (χ2n) is 10.1. The van der Waals surface area contributed by atoms with E-state index in [4.69, 9.17) is 4.42 Å². The molecule has 188 valence electrons. The Morgan fingerprint density at radius 2 is 2.06 bits per heavy atom. The van der Waals surface area contributed by atoms with E-state index in [9.17, 15) is 28.0 Å². The highest BCUT2D eigenvalue weighted by Crippen LogP contribution is 2.35. The van der Waals surface area contributed by atoms with E-state index in [0.29, 0.717) is 11.2 Å². The highest BCUT2D eigenvalue weighted by molar-refractivity contribution is 7.89. The van der Waals surface area contributed by atoms with Gasteiger partial charge in [0.2, 0.25) is 15.9 Å². The van der Waals surface area contributed by atoms with Crippen LogP contribution in [0, 0.1) is 10.6 Å². The number of fused-ring (bicyclic) bond motifs is 1. The summed E-state index contributed by atoms with van der Waals surface area (Å²) in [7, 11) is -4.12. The van der Waals surface area contributed by atoms with Gasteiger partial charge in [0.25, 0.3) is 5.91 Å². The van der Waals surface area contributed by atoms with Crippen LogP contribution < -0.4 is 10.0 Å². The first kappa shape index (κ1) is 24.9. The third-order valence-electron chi connectivity index (χ3n) is 6.22. The molecular formula is C23H28N4O7S. The standard InChI is InChI=1S/C23H28N4O7S/c1-23(2,3)11-17(24-21(29)15-7-10-34-14-15)22(30)26-9-6-18-20(26)19(28)13-27(18)35(32,33)16-5-4-8-25(31)12-16/h4-5,7-8,10,12,14,17-18,20H,6,9,11,13H2,1-3H3,(H,24,29). The van der Waals surface area contributed by atoms with Crippen molar-refractivity contribution in [3.63, 3.8) is 0 Å². The predicted molar refractivity (Wildman–Crippen MR) is 122 cm³/mol. The molecule has 2 fully saturated rings. The van der Waals surface area contributed by atoms with Crippen LogP contribution >= 0.6 is 0 Å². The summed E-state index contributed by atoms with van der Waals surface area (Å²) < 4.78 is 32.8. The molecule has 2 aliphatic rings. The van der Waals surface area contributed by atoms with Crippen LogP contribution in [-0.2, 0) is 19.6 Å². The van der Waals surface area contributed by atoms with Crippen LogP contribution in [0.15, 0.2) is 52.4 Å². The summed E-state index contributed by atoms with van der Waals surface area (Å²) in [6.07, 6.45) is 5.32. The van der Waals surface area contributed by atoms with Gasteiger partial charge in [0.05, 0.1) is 24.4 Å². The van der Waals surface area contributed by atoms with Crippen molar-refractivity contribution in [2.24, 2.45) is 5.41 Å². The number of Topliss-reactive ketones (excluding diaryl/α,β-unsaturated/α-hetero) is 1. The summed E-state index contributed by atoms with van der Waals surface area (Å²) in [6.45, 7) is 5.58. The number of rotatable bonds is 6. The van der Waals surface area contributed by atoms with Gasteiger partial charge in [-0.2, -0.15) is 9.04 Å². The molecule has 2 amide bonds. The van der Waals surface area contributed by atoms with Gasteiger partial charge in [-0.05, 0) is 30.4 Å². The van der Waals surface area contributed by atoms with Gasteiger partial charge in [-0.1, -0.05) is 20.8 Å². The number of likely N-dealkylation sites (tertiary alicyclic amines) is 1. The minimum Gasteiger partial charge on any atom is -0.619 e. The lowest BCUT2D eigenvalue weighted by Gasteiger charge is -2.31. The molecule has 2 aromatic rings. The number of aromatic nitrogens is 1. The second kappa shape index (κ2) is 9.08. The molecule has 0 saturated carbocycles. The Kier molecular flexibility index (Phi) is 6.45. The number of furan rings is 1. The number of nitrogens with one attached hydrogen (secondary N) is 1. The summed E-state index contributed by atoms with van der Waals surface area (Å²) in [4.78, 5) is 40.4. The normalized spacial score (nSPS) is 21.7. The Morgan fingerprint density at radius 3 is 2.69 bits per heavy atom. The number of hydrogen-bond donors (Lipinski definition) is 1. The van der Waals surface area contributed by atoms with Gasteiger partial charge in [-0.15, -0.1) is 0 Å². The third-order valence-corrected chi connectivity index (χ3v) is 8.07. The van der Waals surface area contributed by atoms with Crippen molar-refractivity contribution in [1.29, 1.82) is 0 Å². The van der Waals surface area contributed by atoms with Crippen molar-refractivity contribution < 1.29 is 31.9 Å². The van der Waals surface area contributed by atoms with Crippen LogP contribution in [0.5, 0.6) is 0 Å². The van der Waals surface area contributed by atoms with Crippen LogP contribution in [0.25, 0.3) is 0 Å². The van der Waals surface area contributed by atoms with Crippen molar-refractivity contribution in [2.75, 3.05) is 13.1 Å². The summed E-state index contributed by atoms with van der Waals surface area (Å²) in [5, 5.41) is 14.4. The van der Waals surface area contributed by atoms with Gasteiger partial charge in [-0.25, -0.2) is 8.42 Å². The average molecular weight is 505 g/mol. The third kappa shape index (κ3) is 4.94. The van der Waals surface area contributed by atoms with Gasteiger partial charge < -0.3 is 19.8 Å². The fraction of sp³-hybridized carbons (Fsp3) is 0.478. The lowest BCUT2D eigenvalue weighted by molar-refractivity contribution is -0.607. The van der Waals surface area contributed by atoms with Crippen LogP contribution in [0.3, 0.4) is 0 Å². The fourth-order valence-electron chi connectivity index (χ4n) is 4.71. The van der Waals surface area contributed by atoms with Crippen LogP contribution in [0.1, 0.15) is 44.0 Å². The monoisotopic (exact) mass is 504 g/mol. The van der Waals surface area contributed by atoms with Gasteiger partial charge >= 0.3 is 0 Å². The summed E-state index contributed by atoms with van der Waals surface area (Å²) in [5.41, 5.74) is -0.0529. The first-order valence-corrected chi connectivity index (χ1v) is 12.7. The number of carbonyl (C=O) groups excluding carboxylic acids is 3. The highest BCUT2D eigenvalue weighted by atomic mass is 32.2. The molecule has 3 unspecified atom stereocenters. The molecule has 0 radical (unpaired) electrons. The summed E-state index contributed by atoms with van der Waals surface area (Å²) in [5.74, 6) is -1.31. The van der Waals surface area contributed by atoms with Crippen molar-refractivity contribution >= 4 is 27.6 Å². The Balaban J connectivity index is 1.58. The first-order chi connectivity index (χ1) is 16.4. The Morgan fingerprint density at radius 1 is 1.31 bits per heavy atom. The molecule has 12 heteroatoms. The number of sulfonamides is 1. The zero-order valence-electron chi connectivity index (χ0n) is 19.7. The minimum absolute atomic E-state index is 0.171. The first-order valence-electron chi connectivity index (χ1n) is 11.3. The molecule has 3 atom stereocenters. The topological polar surface area (TPSA) is 144 Å². The van der Waals surface area contributed by atoms with E-state index in [1.807, 2.05) is 20.8 Å². The predicted octanol–water partition coefficient (Wildman–Crippen LogP) is 0.691. The highest BCUT2D eigenvalue weighted by Gasteiger charge is 2.54. The maximum absolute atomic E-state index is 13.6. The largest absolute Gasteiger partial charge is 0.619 e. The number of amides is 2. The molecule has 4 rings (SSSR count). The molecule has 4 heterocycles. The molecule has 2 saturated heterocycles. The zero-order chi connectivity index (χ0) is 25.5. The molecule has 1 N–H and O–H groups in total. The van der Waals surface area contributed by atoms with Crippen LogP contribution in [0.4, 0.5) is 0 Å². The number of nitrogens with zero attached hydrogens (tertiary/aromatic N) is 3. The lowest BCUT2D eigenvalue weighted by Crippen LogP contribution is -2.53. The van der Waals surface area contributed by atoms with Gasteiger partial charge in [0, 0.05) is 12.6 Å². The Labute approximate surface area is 203 Å². The number of hydrogen-bond acceptors (Lipinski definition) is 7. The van der Waals surface area contributed by atoms with E-state index < -0.39 is 45.7 Å². The van der Waals surface area contributed by atoms with E-state index in [-0.39, 0.29) is 35.4 Å². The van der Waals surface area contributed by atoms with Crippen molar-refractivity contribution in [1.82, 2.24) is 14.5 Å². The van der Waals surface area contributed by atoms with E-state index in [1.165, 1.54) is 41.8 Å². The Hall–Kier alpha value is -3.25. The average Bonchev–Trinajstić information content (AvgIpc) is 3.51. The van der Waals surface area contributed by atoms with Gasteiger partial charge in [0.1, 0.15) is 23.2 Å². The number of ketones is 1. The molecule has 0 spiro atoms. The van der Waals surface area contributed by atoms with Crippen LogP contribution in [0.2, 0.25) is 0 Å². The molecular weight excluding hydrogens is 476 g/mol. The lowest BCUT2D eigenvalue weighted by atomic mass is 9.87. The van der Waals surface area contributed by atoms with E-state index in [0.717, 1.165) is 10.5 Å². The van der Waals surface area contributed by atoms with Crippen molar-refractivity contribution in [3.05, 3.63) is 53.9 Å². The molecule has 2 aromatic heterocycles.